The van der Waals surface area contributed by atoms with Crippen LogP contribution in [0, 0.1) is 5.92 Å². The zero-order valence-corrected chi connectivity index (χ0v) is 19.3. The first-order chi connectivity index (χ1) is 14.3. The van der Waals surface area contributed by atoms with Gasteiger partial charge >= 0.3 is 0 Å². The molecule has 0 aromatic heterocycles. The van der Waals surface area contributed by atoms with Crippen LogP contribution in [-0.2, 0) is 21.4 Å². The summed E-state index contributed by atoms with van der Waals surface area (Å²) < 4.78 is 38.4. The lowest BCUT2D eigenvalue weighted by Crippen LogP contribution is -2.42. The fourth-order valence-electron chi connectivity index (χ4n) is 3.44. The molecular formula is C21H25BrN2O5S. The summed E-state index contributed by atoms with van der Waals surface area (Å²) in [6.07, 6.45) is 0.987. The number of carbonyl (C=O) groups excluding carboxylic acids is 1. The minimum Gasteiger partial charge on any atom is -0.493 e. The van der Waals surface area contributed by atoms with Gasteiger partial charge in [-0.2, -0.15) is 4.31 Å². The molecule has 0 saturated carbocycles. The van der Waals surface area contributed by atoms with Crippen LogP contribution in [0.4, 0.5) is 0 Å². The van der Waals surface area contributed by atoms with Crippen molar-refractivity contribution >= 4 is 31.9 Å². The molecule has 162 valence electrons. The predicted molar refractivity (Wildman–Crippen MR) is 117 cm³/mol. The molecule has 0 atom stereocenters. The van der Waals surface area contributed by atoms with Crippen molar-refractivity contribution in [2.45, 2.75) is 24.3 Å². The van der Waals surface area contributed by atoms with Crippen molar-refractivity contribution in [2.75, 3.05) is 27.3 Å². The van der Waals surface area contributed by atoms with Crippen LogP contribution in [0.15, 0.2) is 51.8 Å². The van der Waals surface area contributed by atoms with Gasteiger partial charge in [-0.1, -0.05) is 22.0 Å². The largest absolute Gasteiger partial charge is 0.493 e. The van der Waals surface area contributed by atoms with E-state index in [0.29, 0.717) is 44.0 Å². The lowest BCUT2D eigenvalue weighted by Gasteiger charge is -2.30. The molecule has 1 saturated heterocycles. The van der Waals surface area contributed by atoms with Gasteiger partial charge < -0.3 is 14.8 Å². The summed E-state index contributed by atoms with van der Waals surface area (Å²) in [6.45, 7) is 1.02. The highest BCUT2D eigenvalue weighted by Gasteiger charge is 2.32. The second kappa shape index (κ2) is 9.80. The predicted octanol–water partition coefficient (Wildman–Crippen LogP) is 3.18. The molecule has 7 nitrogen and oxygen atoms in total. The quantitative estimate of drug-likeness (QED) is 0.636. The molecule has 1 aliphatic heterocycles. The molecule has 0 aliphatic carbocycles. The van der Waals surface area contributed by atoms with Crippen molar-refractivity contribution in [3.05, 3.63) is 52.5 Å². The van der Waals surface area contributed by atoms with Crippen LogP contribution < -0.4 is 14.8 Å². The van der Waals surface area contributed by atoms with Crippen molar-refractivity contribution in [3.8, 4) is 11.5 Å². The van der Waals surface area contributed by atoms with Crippen LogP contribution in [0.5, 0.6) is 11.5 Å². The first kappa shape index (κ1) is 22.6. The van der Waals surface area contributed by atoms with Gasteiger partial charge in [0.25, 0.3) is 0 Å². The standard InChI is InChI=1S/C21H25BrN2O5S/c1-28-19-8-3-15(13-20(19)29-2)14-23-21(25)16-9-11-24(12-10-16)30(26,27)18-6-4-17(22)5-7-18/h3-8,13,16H,9-12,14H2,1-2H3,(H,23,25). The third kappa shape index (κ3) is 5.14. The van der Waals surface area contributed by atoms with E-state index in [2.05, 4.69) is 21.2 Å². The molecule has 3 rings (SSSR count). The van der Waals surface area contributed by atoms with E-state index in [0.717, 1.165) is 10.0 Å². The first-order valence-corrected chi connectivity index (χ1v) is 11.8. The highest BCUT2D eigenvalue weighted by Crippen LogP contribution is 2.28. The fraction of sp³-hybridized carbons (Fsp3) is 0.381. The molecule has 30 heavy (non-hydrogen) atoms. The average molecular weight is 497 g/mol. The van der Waals surface area contributed by atoms with Crippen molar-refractivity contribution in [1.82, 2.24) is 9.62 Å². The Morgan fingerprint density at radius 3 is 2.30 bits per heavy atom. The van der Waals surface area contributed by atoms with Gasteiger partial charge in [-0.05, 0) is 54.8 Å². The van der Waals surface area contributed by atoms with E-state index in [1.54, 1.807) is 44.6 Å². The average Bonchev–Trinajstić information content (AvgIpc) is 2.77. The maximum atomic E-state index is 12.8. The zero-order chi connectivity index (χ0) is 21.7. The van der Waals surface area contributed by atoms with Crippen LogP contribution in [0.2, 0.25) is 0 Å². The number of carbonyl (C=O) groups is 1. The number of nitrogens with one attached hydrogen (secondary N) is 1. The van der Waals surface area contributed by atoms with E-state index in [9.17, 15) is 13.2 Å². The normalized spacial score (nSPS) is 15.6. The van der Waals surface area contributed by atoms with Gasteiger partial charge in [0.15, 0.2) is 11.5 Å². The molecular weight excluding hydrogens is 472 g/mol. The van der Waals surface area contributed by atoms with Crippen LogP contribution in [0.1, 0.15) is 18.4 Å². The molecule has 1 N–H and O–H groups in total. The number of piperidine rings is 1. The van der Waals surface area contributed by atoms with Gasteiger partial charge in [-0.25, -0.2) is 8.42 Å². The zero-order valence-electron chi connectivity index (χ0n) is 16.9. The molecule has 0 radical (unpaired) electrons. The van der Waals surface area contributed by atoms with E-state index in [4.69, 9.17) is 9.47 Å². The Morgan fingerprint density at radius 1 is 1.07 bits per heavy atom. The Labute approximate surface area is 185 Å². The molecule has 0 unspecified atom stereocenters. The van der Waals surface area contributed by atoms with E-state index in [-0.39, 0.29) is 16.7 Å². The van der Waals surface area contributed by atoms with Gasteiger partial charge in [0.2, 0.25) is 15.9 Å². The molecule has 1 aliphatic rings. The van der Waals surface area contributed by atoms with Crippen LogP contribution in [0.3, 0.4) is 0 Å². The van der Waals surface area contributed by atoms with Gasteiger partial charge in [0.1, 0.15) is 0 Å². The summed E-state index contributed by atoms with van der Waals surface area (Å²) in [7, 11) is -0.405. The lowest BCUT2D eigenvalue weighted by atomic mass is 9.97. The number of hydrogen-bond donors (Lipinski definition) is 1. The third-order valence-electron chi connectivity index (χ3n) is 5.19. The summed E-state index contributed by atoms with van der Waals surface area (Å²) in [5.41, 5.74) is 0.899. The van der Waals surface area contributed by atoms with Gasteiger partial charge in [0.05, 0.1) is 19.1 Å². The van der Waals surface area contributed by atoms with Crippen LogP contribution in [-0.4, -0.2) is 45.9 Å². The number of sulfonamides is 1. The Bertz CT molecular complexity index is 987. The second-order valence-corrected chi connectivity index (χ2v) is 9.89. The van der Waals surface area contributed by atoms with Gasteiger partial charge in [-0.3, -0.25) is 4.79 Å². The van der Waals surface area contributed by atoms with Crippen LogP contribution in [0.25, 0.3) is 0 Å². The summed E-state index contributed by atoms with van der Waals surface area (Å²) in [5.74, 6) is 0.967. The molecule has 2 aromatic carbocycles. The molecule has 1 fully saturated rings. The highest BCUT2D eigenvalue weighted by molar-refractivity contribution is 9.10. The smallest absolute Gasteiger partial charge is 0.243 e. The molecule has 1 amide bonds. The number of methoxy groups -OCH3 is 2. The Hall–Kier alpha value is -2.10. The minimum atomic E-state index is -3.54. The number of amides is 1. The molecule has 1 heterocycles. The van der Waals surface area contributed by atoms with E-state index in [1.807, 2.05) is 12.1 Å². The van der Waals surface area contributed by atoms with Crippen molar-refractivity contribution in [2.24, 2.45) is 5.92 Å². The number of ether oxygens (including phenoxy) is 2. The Kier molecular flexibility index (Phi) is 7.38. The van der Waals surface area contributed by atoms with Crippen molar-refractivity contribution in [1.29, 1.82) is 0 Å². The topological polar surface area (TPSA) is 84.9 Å². The Morgan fingerprint density at radius 2 is 1.70 bits per heavy atom. The van der Waals surface area contributed by atoms with Gasteiger partial charge in [0, 0.05) is 30.0 Å². The molecule has 2 aromatic rings. The first-order valence-electron chi connectivity index (χ1n) is 9.59. The SMILES string of the molecule is COc1ccc(CNC(=O)C2CCN(S(=O)(=O)c3ccc(Br)cc3)CC2)cc1OC. The highest BCUT2D eigenvalue weighted by atomic mass is 79.9. The third-order valence-corrected chi connectivity index (χ3v) is 7.63. The molecule has 9 heteroatoms. The van der Waals surface area contributed by atoms with Crippen LogP contribution >= 0.6 is 15.9 Å². The molecule has 0 spiro atoms. The number of rotatable bonds is 7. The number of nitrogens with zero attached hydrogens (tertiary/aromatic N) is 1. The summed E-state index contributed by atoms with van der Waals surface area (Å²) in [4.78, 5) is 12.8. The van der Waals surface area contributed by atoms with E-state index >= 15 is 0 Å². The maximum Gasteiger partial charge on any atom is 0.243 e. The number of hydrogen-bond acceptors (Lipinski definition) is 5. The summed E-state index contributed by atoms with van der Waals surface area (Å²) >= 11 is 3.31. The minimum absolute atomic E-state index is 0.0644. The number of benzene rings is 2. The summed E-state index contributed by atoms with van der Waals surface area (Å²) in [5, 5.41) is 2.94. The molecule has 0 bridgehead atoms. The van der Waals surface area contributed by atoms with Crippen molar-refractivity contribution in [3.63, 3.8) is 0 Å². The monoisotopic (exact) mass is 496 g/mol. The summed E-state index contributed by atoms with van der Waals surface area (Å²) in [6, 6.07) is 12.1. The number of halogens is 1. The van der Waals surface area contributed by atoms with E-state index in [1.165, 1.54) is 4.31 Å². The fourth-order valence-corrected chi connectivity index (χ4v) is 5.17. The van der Waals surface area contributed by atoms with E-state index < -0.39 is 10.0 Å². The lowest BCUT2D eigenvalue weighted by molar-refractivity contribution is -0.126. The maximum absolute atomic E-state index is 12.8. The second-order valence-electron chi connectivity index (χ2n) is 7.04. The van der Waals surface area contributed by atoms with Crippen molar-refractivity contribution < 1.29 is 22.7 Å². The van der Waals surface area contributed by atoms with Gasteiger partial charge in [-0.15, -0.1) is 0 Å². The Balaban J connectivity index is 1.55.